The van der Waals surface area contributed by atoms with E-state index in [0.29, 0.717) is 0 Å². The van der Waals surface area contributed by atoms with Gasteiger partial charge in [0.25, 0.3) is 0 Å². The predicted octanol–water partition coefficient (Wildman–Crippen LogP) is 12.9. The van der Waals surface area contributed by atoms with Crippen molar-refractivity contribution in [2.75, 3.05) is 4.90 Å². The molecular weight excluding hydrogens is 603 g/mol. The van der Waals surface area contributed by atoms with Crippen LogP contribution >= 0.6 is 0 Å². The van der Waals surface area contributed by atoms with Gasteiger partial charge in [-0.2, -0.15) is 0 Å². The summed E-state index contributed by atoms with van der Waals surface area (Å²) in [4.78, 5) is 2.51. The Morgan fingerprint density at radius 2 is 0.960 bits per heavy atom. The lowest BCUT2D eigenvalue weighted by atomic mass is 9.39. The number of para-hydroxylation sites is 1. The summed E-state index contributed by atoms with van der Waals surface area (Å²) in [5.41, 5.74) is 14.9. The highest BCUT2D eigenvalue weighted by Gasteiger charge is 2.62. The van der Waals surface area contributed by atoms with E-state index in [2.05, 4.69) is 170 Å². The summed E-state index contributed by atoms with van der Waals surface area (Å²) in [7, 11) is 0. The van der Waals surface area contributed by atoms with Gasteiger partial charge in [-0.3, -0.25) is 0 Å². The van der Waals surface area contributed by atoms with Gasteiger partial charge in [0.2, 0.25) is 0 Å². The molecule has 11 rings (SSSR count). The Morgan fingerprint density at radius 1 is 0.440 bits per heavy atom. The van der Waals surface area contributed by atoms with Gasteiger partial charge in [0.1, 0.15) is 0 Å². The SMILES string of the molecule is CC1(C)c2ccccc2C2(c3ccc(N(c4ccc(-c5ccccc5)cc4)c4ccccc4-c4ccccc4)cc31)C1CC3CC(C1)CC2C3. The fraction of sp³-hybridized carbons (Fsp3) is 0.265. The monoisotopic (exact) mass is 647 g/mol. The highest BCUT2D eigenvalue weighted by molar-refractivity contribution is 5.89. The molecule has 5 aliphatic rings. The molecule has 0 heterocycles. The molecule has 5 aliphatic carbocycles. The van der Waals surface area contributed by atoms with Crippen molar-refractivity contribution in [3.05, 3.63) is 174 Å². The van der Waals surface area contributed by atoms with Crippen LogP contribution in [0.15, 0.2) is 152 Å². The molecule has 0 amide bonds. The first-order valence-electron chi connectivity index (χ1n) is 18.9. The second-order valence-corrected chi connectivity index (χ2v) is 16.2. The highest BCUT2D eigenvalue weighted by Crippen LogP contribution is 2.68. The number of rotatable bonds is 5. The van der Waals surface area contributed by atoms with Crippen molar-refractivity contribution >= 4 is 17.1 Å². The third-order valence-corrected chi connectivity index (χ3v) is 13.3. The predicted molar refractivity (Wildman–Crippen MR) is 208 cm³/mol. The first kappa shape index (κ1) is 30.0. The Bertz CT molecular complexity index is 2160. The van der Waals surface area contributed by atoms with Gasteiger partial charge in [0.15, 0.2) is 0 Å². The third kappa shape index (κ3) is 4.38. The minimum Gasteiger partial charge on any atom is -0.310 e. The maximum atomic E-state index is 2.59. The van der Waals surface area contributed by atoms with Gasteiger partial charge in [-0.1, -0.05) is 135 Å². The summed E-state index contributed by atoms with van der Waals surface area (Å²) in [6.07, 6.45) is 7.06. The van der Waals surface area contributed by atoms with E-state index in [-0.39, 0.29) is 10.8 Å². The average molecular weight is 648 g/mol. The van der Waals surface area contributed by atoms with Crippen LogP contribution in [-0.2, 0) is 10.8 Å². The van der Waals surface area contributed by atoms with E-state index in [4.69, 9.17) is 0 Å². The summed E-state index contributed by atoms with van der Waals surface area (Å²) in [5, 5.41) is 0. The maximum absolute atomic E-state index is 2.59. The van der Waals surface area contributed by atoms with Crippen molar-refractivity contribution in [2.24, 2.45) is 23.7 Å². The van der Waals surface area contributed by atoms with E-state index in [9.17, 15) is 0 Å². The van der Waals surface area contributed by atoms with Crippen molar-refractivity contribution in [3.8, 4) is 22.3 Å². The Balaban J connectivity index is 1.18. The molecule has 1 heteroatoms. The van der Waals surface area contributed by atoms with Gasteiger partial charge in [-0.05, 0) is 125 Å². The molecule has 50 heavy (non-hydrogen) atoms. The number of hydrogen-bond acceptors (Lipinski definition) is 1. The van der Waals surface area contributed by atoms with E-state index >= 15 is 0 Å². The quantitative estimate of drug-likeness (QED) is 0.180. The maximum Gasteiger partial charge on any atom is 0.0540 e. The summed E-state index contributed by atoms with van der Waals surface area (Å²) in [6, 6.07) is 56.9. The smallest absolute Gasteiger partial charge is 0.0540 e. The molecule has 1 nitrogen and oxygen atoms in total. The van der Waals surface area contributed by atoms with Crippen LogP contribution in [0.25, 0.3) is 22.3 Å². The van der Waals surface area contributed by atoms with Gasteiger partial charge in [0.05, 0.1) is 5.69 Å². The number of anilines is 3. The fourth-order valence-corrected chi connectivity index (χ4v) is 11.4. The van der Waals surface area contributed by atoms with Crippen LogP contribution in [0.3, 0.4) is 0 Å². The minimum atomic E-state index is -0.108. The minimum absolute atomic E-state index is 0.108. The van der Waals surface area contributed by atoms with E-state index in [1.165, 1.54) is 77.0 Å². The zero-order chi connectivity index (χ0) is 33.5. The molecule has 0 unspecified atom stereocenters. The van der Waals surface area contributed by atoms with Crippen molar-refractivity contribution in [1.29, 1.82) is 0 Å². The second kappa shape index (κ2) is 11.3. The van der Waals surface area contributed by atoms with Gasteiger partial charge in [-0.25, -0.2) is 0 Å². The van der Waals surface area contributed by atoms with Crippen molar-refractivity contribution in [1.82, 2.24) is 0 Å². The molecule has 0 aliphatic heterocycles. The van der Waals surface area contributed by atoms with Crippen LogP contribution in [-0.4, -0.2) is 0 Å². The summed E-state index contributed by atoms with van der Waals surface area (Å²) >= 11 is 0. The van der Waals surface area contributed by atoms with Gasteiger partial charge < -0.3 is 4.90 Å². The normalized spacial score (nSPS) is 25.2. The summed E-state index contributed by atoms with van der Waals surface area (Å²) in [6.45, 7) is 4.96. The Kier molecular flexibility index (Phi) is 6.79. The zero-order valence-corrected chi connectivity index (χ0v) is 29.2. The van der Waals surface area contributed by atoms with Crippen LogP contribution < -0.4 is 4.90 Å². The van der Waals surface area contributed by atoms with Crippen molar-refractivity contribution < 1.29 is 0 Å². The first-order valence-corrected chi connectivity index (χ1v) is 18.9. The Labute approximate surface area is 297 Å². The number of fused-ring (bicyclic) bond motifs is 2. The third-order valence-electron chi connectivity index (χ3n) is 13.3. The summed E-state index contributed by atoms with van der Waals surface area (Å²) in [5.74, 6) is 3.33. The molecule has 0 radical (unpaired) electrons. The van der Waals surface area contributed by atoms with E-state index < -0.39 is 0 Å². The van der Waals surface area contributed by atoms with Crippen LogP contribution in [0.4, 0.5) is 17.1 Å². The zero-order valence-electron chi connectivity index (χ0n) is 29.2. The molecular formula is C49H45N. The van der Waals surface area contributed by atoms with Crippen molar-refractivity contribution in [3.63, 3.8) is 0 Å². The number of nitrogens with zero attached hydrogens (tertiary/aromatic N) is 1. The Hall–Kier alpha value is -4.88. The molecule has 246 valence electrons. The molecule has 4 bridgehead atoms. The van der Waals surface area contributed by atoms with E-state index in [1.54, 1.807) is 16.7 Å². The average Bonchev–Trinajstić information content (AvgIpc) is 3.16. The summed E-state index contributed by atoms with van der Waals surface area (Å²) < 4.78 is 0. The van der Waals surface area contributed by atoms with Crippen LogP contribution in [0, 0.1) is 23.7 Å². The lowest BCUT2D eigenvalue weighted by Crippen LogP contribution is -2.58. The molecule has 6 aromatic rings. The standard InChI is InChI=1S/C49H45N/c1-48(2)43-18-10-11-19-44(43)49(38-28-33-27-34(30-38)31-39(49)29-33)45-26-25-41(32-46(45)48)50(40-23-21-36(22-24-40)35-13-5-3-6-14-35)47-20-12-9-17-42(47)37-15-7-4-8-16-37/h3-26,32-34,38-39H,27-31H2,1-2H3. The molecule has 0 saturated heterocycles. The van der Waals surface area contributed by atoms with Crippen LogP contribution in [0.1, 0.15) is 68.2 Å². The highest BCUT2D eigenvalue weighted by atomic mass is 15.1. The molecule has 0 atom stereocenters. The van der Waals surface area contributed by atoms with E-state index in [0.717, 1.165) is 23.7 Å². The largest absolute Gasteiger partial charge is 0.310 e. The van der Waals surface area contributed by atoms with Crippen LogP contribution in [0.2, 0.25) is 0 Å². The number of hydrogen-bond donors (Lipinski definition) is 0. The topological polar surface area (TPSA) is 3.24 Å². The van der Waals surface area contributed by atoms with Gasteiger partial charge >= 0.3 is 0 Å². The molecule has 6 aromatic carbocycles. The molecule has 0 N–H and O–H groups in total. The Morgan fingerprint density at radius 3 is 1.64 bits per heavy atom. The fourth-order valence-electron chi connectivity index (χ4n) is 11.4. The van der Waals surface area contributed by atoms with E-state index in [1.807, 2.05) is 0 Å². The number of benzene rings is 6. The molecule has 4 saturated carbocycles. The molecule has 0 aromatic heterocycles. The van der Waals surface area contributed by atoms with Gasteiger partial charge in [0, 0.05) is 27.8 Å². The second-order valence-electron chi connectivity index (χ2n) is 16.2. The van der Waals surface area contributed by atoms with Crippen molar-refractivity contribution in [2.45, 2.75) is 56.8 Å². The van der Waals surface area contributed by atoms with Crippen LogP contribution in [0.5, 0.6) is 0 Å². The lowest BCUT2D eigenvalue weighted by molar-refractivity contribution is -0.0443. The molecule has 4 fully saturated rings. The lowest BCUT2D eigenvalue weighted by Gasteiger charge is -2.64. The first-order chi connectivity index (χ1) is 24.5. The molecule has 1 spiro atoms. The van der Waals surface area contributed by atoms with Gasteiger partial charge in [-0.15, -0.1) is 0 Å².